The second-order valence-electron chi connectivity index (χ2n) is 10.7. The van der Waals surface area contributed by atoms with Crippen molar-refractivity contribution in [3.63, 3.8) is 0 Å². The summed E-state index contributed by atoms with van der Waals surface area (Å²) in [6.45, 7) is 1.54. The van der Waals surface area contributed by atoms with Crippen molar-refractivity contribution < 1.29 is 20.4 Å². The van der Waals surface area contributed by atoms with Gasteiger partial charge in [0.2, 0.25) is 0 Å². The molecule has 0 aromatic carbocycles. The van der Waals surface area contributed by atoms with Crippen LogP contribution >= 0.6 is 15.9 Å². The van der Waals surface area contributed by atoms with E-state index in [1.807, 2.05) is 0 Å². The van der Waals surface area contributed by atoms with Gasteiger partial charge in [0.25, 0.3) is 11.1 Å². The number of H-pyrrole nitrogens is 2. The van der Waals surface area contributed by atoms with Gasteiger partial charge in [-0.3, -0.25) is 28.7 Å². The second kappa shape index (κ2) is 8.62. The third kappa shape index (κ3) is 3.71. The number of hydrogen-bond acceptors (Lipinski definition) is 8. The van der Waals surface area contributed by atoms with Crippen LogP contribution in [0.5, 0.6) is 0 Å². The summed E-state index contributed by atoms with van der Waals surface area (Å²) in [4.78, 5) is 50.7. The van der Waals surface area contributed by atoms with Gasteiger partial charge in [-0.2, -0.15) is 0 Å². The number of aliphatic hydroxyl groups is 4. The van der Waals surface area contributed by atoms with Crippen LogP contribution in [0, 0.1) is 29.6 Å². The molecule has 6 N–H and O–H groups in total. The maximum Gasteiger partial charge on any atom is 0.328 e. The van der Waals surface area contributed by atoms with Crippen molar-refractivity contribution in [1.82, 2.24) is 19.1 Å². The van der Waals surface area contributed by atoms with Gasteiger partial charge in [0.1, 0.15) is 0 Å². The van der Waals surface area contributed by atoms with Gasteiger partial charge in [0.05, 0.1) is 29.9 Å². The molecule has 4 fully saturated rings. The fourth-order valence-corrected chi connectivity index (χ4v) is 6.81. The van der Waals surface area contributed by atoms with Crippen molar-refractivity contribution in [2.45, 2.75) is 56.9 Å². The number of hydrogen-bond donors (Lipinski definition) is 6. The van der Waals surface area contributed by atoms with Crippen LogP contribution in [0.2, 0.25) is 0 Å². The van der Waals surface area contributed by atoms with E-state index in [0.29, 0.717) is 22.9 Å². The Morgan fingerprint density at radius 1 is 0.861 bits per heavy atom. The zero-order valence-electron chi connectivity index (χ0n) is 19.6. The molecule has 196 valence electrons. The maximum absolute atomic E-state index is 11.8. The summed E-state index contributed by atoms with van der Waals surface area (Å²) in [5, 5.41) is 38.7. The summed E-state index contributed by atoms with van der Waals surface area (Å²) in [6, 6.07) is -0.289. The standard InChI is InChI=1S/C12H16N2O4.C11H13BrN2O4/c1-6-4-14(11(18)13-10(6)17)8-2-9(16)12(5-15)3-7(8)12;12-6-3-14(10(18)13-9(6)17)7-1-8(16)11(4-15)2-5(7)11/h4,7-9,15-16H,2-3,5H2,1H3,(H,13,17,18);3,5,7-8,15-16H,1-2,4H2,(H,13,17,18)/t7?,8-,9-,12+;5?,7-,8-,11+/m00/s1. The molecule has 0 spiro atoms. The number of nitrogens with one attached hydrogen (secondary N) is 2. The first-order valence-electron chi connectivity index (χ1n) is 11.9. The van der Waals surface area contributed by atoms with Gasteiger partial charge in [0.15, 0.2) is 0 Å². The maximum atomic E-state index is 11.8. The lowest BCUT2D eigenvalue weighted by Gasteiger charge is -2.17. The molecule has 4 aliphatic rings. The van der Waals surface area contributed by atoms with Crippen molar-refractivity contribution in [1.29, 1.82) is 0 Å². The number of rotatable bonds is 4. The van der Waals surface area contributed by atoms with Gasteiger partial charge in [-0.1, -0.05) is 0 Å². The molecule has 2 aromatic rings. The molecule has 12 nitrogen and oxygen atoms in total. The molecule has 36 heavy (non-hydrogen) atoms. The van der Waals surface area contributed by atoms with Crippen LogP contribution in [-0.2, 0) is 0 Å². The molecule has 0 bridgehead atoms. The van der Waals surface area contributed by atoms with E-state index < -0.39 is 40.0 Å². The molecule has 0 aliphatic heterocycles. The minimum absolute atomic E-state index is 0.0492. The van der Waals surface area contributed by atoms with Crippen LogP contribution < -0.4 is 22.5 Å². The molecule has 2 unspecified atom stereocenters. The van der Waals surface area contributed by atoms with Crippen LogP contribution in [0.1, 0.15) is 43.3 Å². The quantitative estimate of drug-likeness (QED) is 0.263. The molecule has 13 heteroatoms. The van der Waals surface area contributed by atoms with Gasteiger partial charge in [-0.15, -0.1) is 0 Å². The molecule has 0 radical (unpaired) electrons. The molecule has 4 aliphatic carbocycles. The van der Waals surface area contributed by atoms with Crippen LogP contribution in [-0.4, -0.2) is 64.9 Å². The lowest BCUT2D eigenvalue weighted by molar-refractivity contribution is 0.0596. The Kier molecular flexibility index (Phi) is 6.07. The van der Waals surface area contributed by atoms with Crippen molar-refractivity contribution in [3.05, 3.63) is 64.1 Å². The lowest BCUT2D eigenvalue weighted by atomic mass is 10.0. The second-order valence-corrected chi connectivity index (χ2v) is 11.5. The number of fused-ring (bicyclic) bond motifs is 2. The van der Waals surface area contributed by atoms with E-state index in [1.54, 1.807) is 13.1 Å². The highest BCUT2D eigenvalue weighted by Gasteiger charge is 2.68. The zero-order chi connectivity index (χ0) is 26.2. The smallest absolute Gasteiger partial charge is 0.328 e. The zero-order valence-corrected chi connectivity index (χ0v) is 21.1. The fraction of sp³-hybridized carbons (Fsp3) is 0.652. The molecular formula is C23H29BrN4O8. The number of aromatic nitrogens is 4. The first kappa shape index (κ1) is 25.3. The number of nitrogens with zero attached hydrogens (tertiary/aromatic N) is 2. The van der Waals surface area contributed by atoms with E-state index >= 15 is 0 Å². The monoisotopic (exact) mass is 568 g/mol. The van der Waals surface area contributed by atoms with Crippen molar-refractivity contribution in [2.75, 3.05) is 13.2 Å². The van der Waals surface area contributed by atoms with Crippen molar-refractivity contribution in [2.24, 2.45) is 22.7 Å². The minimum atomic E-state index is -0.588. The first-order chi connectivity index (χ1) is 17.0. The predicted molar refractivity (Wildman–Crippen MR) is 130 cm³/mol. The Morgan fingerprint density at radius 2 is 1.31 bits per heavy atom. The van der Waals surface area contributed by atoms with E-state index in [9.17, 15) is 39.6 Å². The highest BCUT2D eigenvalue weighted by molar-refractivity contribution is 9.10. The Hall–Kier alpha value is -2.32. The topological polar surface area (TPSA) is 191 Å². The largest absolute Gasteiger partial charge is 0.396 e. The summed E-state index contributed by atoms with van der Waals surface area (Å²) in [5.74, 6) is 0.230. The minimum Gasteiger partial charge on any atom is -0.396 e. The Balaban J connectivity index is 0.000000148. The average molecular weight is 569 g/mol. The molecule has 0 amide bonds. The molecule has 2 heterocycles. The summed E-state index contributed by atoms with van der Waals surface area (Å²) in [5.41, 5.74) is -2.13. The van der Waals surface area contributed by atoms with Crippen LogP contribution in [0.4, 0.5) is 0 Å². The number of aromatic amines is 2. The third-order valence-corrected chi connectivity index (χ3v) is 9.48. The highest BCUT2D eigenvalue weighted by atomic mass is 79.9. The van der Waals surface area contributed by atoms with Crippen LogP contribution in [0.15, 0.2) is 36.0 Å². The van der Waals surface area contributed by atoms with Gasteiger partial charge in [-0.05, 0) is 60.4 Å². The Labute approximate surface area is 212 Å². The fourth-order valence-electron chi connectivity index (χ4n) is 6.49. The summed E-state index contributed by atoms with van der Waals surface area (Å²) >= 11 is 3.09. The molecule has 0 saturated heterocycles. The molecule has 6 rings (SSSR count). The number of halogens is 1. The van der Waals surface area contributed by atoms with E-state index in [1.165, 1.54) is 15.3 Å². The van der Waals surface area contributed by atoms with Crippen molar-refractivity contribution >= 4 is 15.9 Å². The SMILES string of the molecule is Cc1cn([C@H]2C[C@H](O)[C@@]3(CO)CC23)c(=O)[nH]c1=O.O=c1[nH]c(=O)n([C@H]2C[C@H](O)[C@@]3(CO)CC23)cc1Br. The van der Waals surface area contributed by atoms with Crippen molar-refractivity contribution in [3.8, 4) is 0 Å². The molecule has 8 atom stereocenters. The normalized spacial score (nSPS) is 37.6. The Bertz CT molecular complexity index is 1320. The molecule has 4 saturated carbocycles. The predicted octanol–water partition coefficient (Wildman–Crippen LogP) is -1.25. The summed E-state index contributed by atoms with van der Waals surface area (Å²) in [6.07, 6.45) is 4.19. The Morgan fingerprint density at radius 3 is 1.72 bits per heavy atom. The van der Waals surface area contributed by atoms with Crippen LogP contribution in [0.3, 0.4) is 0 Å². The molecule has 2 aromatic heterocycles. The van der Waals surface area contributed by atoms with Gasteiger partial charge in [-0.25, -0.2) is 9.59 Å². The third-order valence-electron chi connectivity index (χ3n) is 8.92. The van der Waals surface area contributed by atoms with E-state index in [2.05, 4.69) is 25.9 Å². The van der Waals surface area contributed by atoms with Gasteiger partial charge in [0, 0.05) is 40.9 Å². The first-order valence-corrected chi connectivity index (χ1v) is 12.7. The average Bonchev–Trinajstić information content (AvgIpc) is 3.72. The van der Waals surface area contributed by atoms with Gasteiger partial charge < -0.3 is 20.4 Å². The summed E-state index contributed by atoms with van der Waals surface area (Å²) in [7, 11) is 0. The number of aliphatic hydroxyl groups excluding tert-OH is 4. The lowest BCUT2D eigenvalue weighted by Crippen LogP contribution is -2.33. The van der Waals surface area contributed by atoms with E-state index in [-0.39, 0.29) is 42.7 Å². The van der Waals surface area contributed by atoms with E-state index in [0.717, 1.165) is 12.8 Å². The molecular weight excluding hydrogens is 540 g/mol. The highest BCUT2D eigenvalue weighted by Crippen LogP contribution is 2.67. The van der Waals surface area contributed by atoms with Crippen LogP contribution in [0.25, 0.3) is 0 Å². The summed E-state index contributed by atoms with van der Waals surface area (Å²) < 4.78 is 3.23. The number of aryl methyl sites for hydroxylation is 1. The van der Waals surface area contributed by atoms with E-state index in [4.69, 9.17) is 0 Å². The van der Waals surface area contributed by atoms with Gasteiger partial charge >= 0.3 is 11.4 Å².